The Morgan fingerprint density at radius 2 is 2.21 bits per heavy atom. The van der Waals surface area contributed by atoms with Crippen molar-refractivity contribution >= 4 is 23.2 Å². The summed E-state index contributed by atoms with van der Waals surface area (Å²) >= 11 is 0. The Bertz CT molecular complexity index is 870. The maximum Gasteiger partial charge on any atom is 0.269 e. The number of benzene rings is 1. The number of likely N-dealkylation sites (tertiary alicyclic amines) is 1. The number of likely N-dealkylation sites (N-methyl/N-ethyl adjacent to an activating group) is 1. The highest BCUT2D eigenvalue weighted by Crippen LogP contribution is 2.45. The lowest BCUT2D eigenvalue weighted by molar-refractivity contribution is -0.385. The largest absolute Gasteiger partial charge is 0.394 e. The molecule has 3 atom stereocenters. The molecule has 0 spiro atoms. The number of carbonyl (C=O) groups is 2. The zero-order chi connectivity index (χ0) is 21.3. The fourth-order valence-electron chi connectivity index (χ4n) is 4.14. The van der Waals surface area contributed by atoms with E-state index in [9.17, 15) is 29.9 Å². The van der Waals surface area contributed by atoms with E-state index in [4.69, 9.17) is 0 Å². The SMILES string of the molecule is C[C@H](/C=C/CC(=O)N1CCC[C@H]1CO)[C@@]1(O)C(=O)N(C)c2ccc([N+](=O)[O-])cc21. The Kier molecular flexibility index (Phi) is 5.72. The first-order valence-corrected chi connectivity index (χ1v) is 9.58. The summed E-state index contributed by atoms with van der Waals surface area (Å²) in [5.74, 6) is -1.40. The first-order valence-electron chi connectivity index (χ1n) is 9.58. The molecule has 1 fully saturated rings. The van der Waals surface area contributed by atoms with E-state index in [1.165, 1.54) is 30.1 Å². The van der Waals surface area contributed by atoms with E-state index in [1.54, 1.807) is 24.0 Å². The van der Waals surface area contributed by atoms with E-state index in [0.29, 0.717) is 12.2 Å². The highest BCUT2D eigenvalue weighted by molar-refractivity contribution is 6.07. The summed E-state index contributed by atoms with van der Waals surface area (Å²) in [5, 5.41) is 31.7. The number of hydrogen-bond donors (Lipinski definition) is 2. The lowest BCUT2D eigenvalue weighted by Crippen LogP contribution is -2.43. The average Bonchev–Trinajstić information content (AvgIpc) is 3.26. The number of carbonyl (C=O) groups excluding carboxylic acids is 2. The van der Waals surface area contributed by atoms with Crippen LogP contribution in [0.15, 0.2) is 30.4 Å². The van der Waals surface area contributed by atoms with E-state index in [0.717, 1.165) is 12.8 Å². The Morgan fingerprint density at radius 3 is 2.86 bits per heavy atom. The van der Waals surface area contributed by atoms with Crippen LogP contribution in [0.1, 0.15) is 31.7 Å². The molecule has 2 amide bonds. The van der Waals surface area contributed by atoms with Crippen LogP contribution in [0.4, 0.5) is 11.4 Å². The van der Waals surface area contributed by atoms with Gasteiger partial charge in [-0.2, -0.15) is 0 Å². The molecule has 0 bridgehead atoms. The highest BCUT2D eigenvalue weighted by Gasteiger charge is 2.52. The Labute approximate surface area is 168 Å². The molecule has 29 heavy (non-hydrogen) atoms. The summed E-state index contributed by atoms with van der Waals surface area (Å²) < 4.78 is 0. The van der Waals surface area contributed by atoms with Gasteiger partial charge in [0, 0.05) is 43.6 Å². The summed E-state index contributed by atoms with van der Waals surface area (Å²) in [4.78, 5) is 38.6. The van der Waals surface area contributed by atoms with Gasteiger partial charge in [0.25, 0.3) is 11.6 Å². The van der Waals surface area contributed by atoms with Crippen molar-refractivity contribution in [3.63, 3.8) is 0 Å². The van der Waals surface area contributed by atoms with Crippen molar-refractivity contribution in [3.8, 4) is 0 Å². The molecule has 0 aliphatic carbocycles. The first kappa shape index (κ1) is 20.9. The molecule has 9 heteroatoms. The minimum atomic E-state index is -1.95. The second-order valence-electron chi connectivity index (χ2n) is 7.58. The molecular formula is C20H25N3O6. The number of anilines is 1. The molecule has 2 N–H and O–H groups in total. The van der Waals surface area contributed by atoms with Crippen LogP contribution in [0.3, 0.4) is 0 Å². The number of aliphatic hydroxyl groups is 2. The van der Waals surface area contributed by atoms with Gasteiger partial charge in [-0.15, -0.1) is 0 Å². The summed E-state index contributed by atoms with van der Waals surface area (Å²) in [6, 6.07) is 3.81. The number of amides is 2. The maximum atomic E-state index is 12.8. The minimum absolute atomic E-state index is 0.0675. The quantitative estimate of drug-likeness (QED) is 0.419. The van der Waals surface area contributed by atoms with E-state index in [1.807, 2.05) is 0 Å². The molecule has 156 valence electrons. The number of nitrogens with zero attached hydrogens (tertiary/aromatic N) is 3. The summed E-state index contributed by atoms with van der Waals surface area (Å²) in [5.41, 5.74) is -1.55. The third kappa shape index (κ3) is 3.51. The molecular weight excluding hydrogens is 378 g/mol. The number of aliphatic hydroxyl groups excluding tert-OH is 1. The van der Waals surface area contributed by atoms with Crippen molar-refractivity contribution in [2.45, 2.75) is 37.8 Å². The molecule has 1 aromatic rings. The van der Waals surface area contributed by atoms with Gasteiger partial charge in [-0.1, -0.05) is 19.1 Å². The van der Waals surface area contributed by atoms with Crippen LogP contribution in [-0.4, -0.2) is 58.1 Å². The molecule has 0 radical (unpaired) electrons. The van der Waals surface area contributed by atoms with Crippen molar-refractivity contribution in [1.29, 1.82) is 0 Å². The number of non-ortho nitro benzene ring substituents is 1. The van der Waals surface area contributed by atoms with Gasteiger partial charge < -0.3 is 20.0 Å². The fraction of sp³-hybridized carbons (Fsp3) is 0.500. The predicted octanol–water partition coefficient (Wildman–Crippen LogP) is 1.32. The topological polar surface area (TPSA) is 124 Å². The van der Waals surface area contributed by atoms with Crippen molar-refractivity contribution in [2.75, 3.05) is 25.1 Å². The maximum absolute atomic E-state index is 12.8. The van der Waals surface area contributed by atoms with Gasteiger partial charge in [0.05, 0.1) is 23.3 Å². The van der Waals surface area contributed by atoms with Gasteiger partial charge in [0.2, 0.25) is 5.91 Å². The van der Waals surface area contributed by atoms with E-state index >= 15 is 0 Å². The molecule has 2 aliphatic rings. The number of nitro groups is 1. The standard InChI is InChI=1S/C20H25N3O6/c1-13(5-3-7-18(25)22-10-4-6-15(22)12-24)20(27)16-11-14(23(28)29)8-9-17(16)21(2)19(20)26/h3,5,8-9,11,13,15,24,27H,4,6-7,10,12H2,1-2H3/b5-3+/t13-,15+,20+/m1/s1. The highest BCUT2D eigenvalue weighted by atomic mass is 16.6. The van der Waals surface area contributed by atoms with Gasteiger partial charge in [-0.05, 0) is 18.9 Å². The number of hydrogen-bond acceptors (Lipinski definition) is 6. The smallest absolute Gasteiger partial charge is 0.269 e. The van der Waals surface area contributed by atoms with Crippen LogP contribution in [-0.2, 0) is 15.2 Å². The van der Waals surface area contributed by atoms with Crippen molar-refractivity contribution in [1.82, 2.24) is 4.90 Å². The van der Waals surface area contributed by atoms with Crippen LogP contribution in [0.2, 0.25) is 0 Å². The number of rotatable bonds is 6. The van der Waals surface area contributed by atoms with Crippen LogP contribution >= 0.6 is 0 Å². The molecule has 0 unspecified atom stereocenters. The van der Waals surface area contributed by atoms with Gasteiger partial charge in [-0.25, -0.2) is 0 Å². The van der Waals surface area contributed by atoms with Gasteiger partial charge in [-0.3, -0.25) is 19.7 Å². The molecule has 0 saturated carbocycles. The second kappa shape index (κ2) is 7.92. The zero-order valence-electron chi connectivity index (χ0n) is 16.4. The van der Waals surface area contributed by atoms with Crippen LogP contribution in [0.25, 0.3) is 0 Å². The minimum Gasteiger partial charge on any atom is -0.394 e. The molecule has 2 aliphatic heterocycles. The molecule has 9 nitrogen and oxygen atoms in total. The Hall–Kier alpha value is -2.78. The van der Waals surface area contributed by atoms with Crippen LogP contribution in [0.5, 0.6) is 0 Å². The molecule has 1 saturated heterocycles. The molecule has 0 aromatic heterocycles. The van der Waals surface area contributed by atoms with Crippen molar-refractivity contribution < 1.29 is 24.7 Å². The van der Waals surface area contributed by atoms with Crippen LogP contribution in [0, 0.1) is 16.0 Å². The van der Waals surface area contributed by atoms with Gasteiger partial charge >= 0.3 is 0 Å². The molecule has 1 aromatic carbocycles. The monoisotopic (exact) mass is 403 g/mol. The zero-order valence-corrected chi connectivity index (χ0v) is 16.4. The van der Waals surface area contributed by atoms with Gasteiger partial charge in [0.1, 0.15) is 0 Å². The number of fused-ring (bicyclic) bond motifs is 1. The second-order valence-corrected chi connectivity index (χ2v) is 7.58. The summed E-state index contributed by atoms with van der Waals surface area (Å²) in [6.07, 6.45) is 4.90. The van der Waals surface area contributed by atoms with Gasteiger partial charge in [0.15, 0.2) is 5.60 Å². The molecule has 3 rings (SSSR count). The van der Waals surface area contributed by atoms with E-state index in [-0.39, 0.29) is 36.2 Å². The van der Waals surface area contributed by atoms with E-state index < -0.39 is 22.3 Å². The third-order valence-electron chi connectivity index (χ3n) is 5.88. The molecule has 2 heterocycles. The summed E-state index contributed by atoms with van der Waals surface area (Å²) in [6.45, 7) is 2.17. The van der Waals surface area contributed by atoms with Crippen molar-refractivity contribution in [2.24, 2.45) is 5.92 Å². The number of nitro benzene ring substituents is 1. The van der Waals surface area contributed by atoms with Crippen LogP contribution < -0.4 is 4.90 Å². The average molecular weight is 403 g/mol. The van der Waals surface area contributed by atoms with E-state index in [2.05, 4.69) is 0 Å². The third-order valence-corrected chi connectivity index (χ3v) is 5.88. The Balaban J connectivity index is 1.80. The normalized spacial score (nSPS) is 25.0. The summed E-state index contributed by atoms with van der Waals surface area (Å²) in [7, 11) is 1.51. The predicted molar refractivity (Wildman–Crippen MR) is 105 cm³/mol. The lowest BCUT2D eigenvalue weighted by Gasteiger charge is -2.27. The Morgan fingerprint density at radius 1 is 1.48 bits per heavy atom. The lowest BCUT2D eigenvalue weighted by atomic mass is 9.82. The fourth-order valence-corrected chi connectivity index (χ4v) is 4.14. The first-order chi connectivity index (χ1) is 13.7. The van der Waals surface area contributed by atoms with Crippen molar-refractivity contribution in [3.05, 3.63) is 46.0 Å².